The number of hydrogen-bond donors (Lipinski definition) is 1. The van der Waals surface area contributed by atoms with Gasteiger partial charge < -0.3 is 9.67 Å². The average Bonchev–Trinajstić information content (AvgIpc) is 2.51. The summed E-state index contributed by atoms with van der Waals surface area (Å²) >= 11 is 0. The molecule has 1 N–H and O–H groups in total. The number of fused-ring (bicyclic) bond motifs is 1. The Kier molecular flexibility index (Phi) is 2.36. The van der Waals surface area contributed by atoms with E-state index < -0.39 is 0 Å². The molecule has 1 aliphatic rings. The third-order valence-electron chi connectivity index (χ3n) is 2.62. The van der Waals surface area contributed by atoms with Crippen molar-refractivity contribution in [1.82, 2.24) is 9.55 Å². The van der Waals surface area contributed by atoms with Crippen LogP contribution < -0.4 is 0 Å². The molecule has 0 bridgehead atoms. The molecule has 3 nitrogen and oxygen atoms in total. The van der Waals surface area contributed by atoms with Crippen molar-refractivity contribution in [1.29, 1.82) is 0 Å². The fraction of sp³-hybridized carbons (Fsp3) is 0.700. The molecule has 0 saturated carbocycles. The van der Waals surface area contributed by atoms with Crippen molar-refractivity contribution in [3.8, 4) is 0 Å². The normalized spacial score (nSPS) is 21.5. The summed E-state index contributed by atoms with van der Waals surface area (Å²) in [7, 11) is 0. The van der Waals surface area contributed by atoms with Gasteiger partial charge in [-0.2, -0.15) is 0 Å². The Morgan fingerprint density at radius 1 is 1.69 bits per heavy atom. The molecule has 0 amide bonds. The van der Waals surface area contributed by atoms with Crippen LogP contribution in [0.25, 0.3) is 0 Å². The number of nitrogens with zero attached hydrogens (tertiary/aromatic N) is 2. The first-order chi connectivity index (χ1) is 6.33. The highest BCUT2D eigenvalue weighted by molar-refractivity contribution is 5.09. The maximum Gasteiger partial charge on any atom is 0.132 e. The molecule has 1 aromatic heterocycles. The Morgan fingerprint density at radius 3 is 3.31 bits per heavy atom. The number of hydrogen-bond acceptors (Lipinski definition) is 2. The van der Waals surface area contributed by atoms with Crippen LogP contribution in [0.4, 0.5) is 0 Å². The van der Waals surface area contributed by atoms with Crippen molar-refractivity contribution in [2.45, 2.75) is 45.3 Å². The third-order valence-corrected chi connectivity index (χ3v) is 2.62. The van der Waals surface area contributed by atoms with Gasteiger partial charge in [-0.05, 0) is 25.7 Å². The molecule has 1 unspecified atom stereocenters. The summed E-state index contributed by atoms with van der Waals surface area (Å²) < 4.78 is 2.01. The number of rotatable bonds is 2. The molecule has 0 aliphatic carbocycles. The molecule has 0 spiro atoms. The molecule has 72 valence electrons. The first-order valence-corrected chi connectivity index (χ1v) is 5.06. The summed E-state index contributed by atoms with van der Waals surface area (Å²) in [5, 5.41) is 9.78. The second-order valence-electron chi connectivity index (χ2n) is 3.66. The molecular weight excluding hydrogens is 164 g/mol. The lowest BCUT2D eigenvalue weighted by Gasteiger charge is -2.22. The summed E-state index contributed by atoms with van der Waals surface area (Å²) in [6.07, 6.45) is 6.66. The number of aryl methyl sites for hydroxylation is 2. The van der Waals surface area contributed by atoms with E-state index >= 15 is 0 Å². The number of aliphatic hydroxyl groups is 1. The van der Waals surface area contributed by atoms with Gasteiger partial charge in [-0.1, -0.05) is 6.92 Å². The van der Waals surface area contributed by atoms with Crippen LogP contribution in [-0.2, 0) is 12.8 Å². The smallest absolute Gasteiger partial charge is 0.132 e. The lowest BCUT2D eigenvalue weighted by atomic mass is 10.1. The molecule has 1 aromatic rings. The van der Waals surface area contributed by atoms with Crippen LogP contribution in [0, 0.1) is 0 Å². The van der Waals surface area contributed by atoms with Gasteiger partial charge in [-0.25, -0.2) is 4.98 Å². The zero-order valence-corrected chi connectivity index (χ0v) is 8.03. The first-order valence-electron chi connectivity index (χ1n) is 5.06. The van der Waals surface area contributed by atoms with E-state index in [9.17, 15) is 5.11 Å². The van der Waals surface area contributed by atoms with E-state index in [-0.39, 0.29) is 6.23 Å². The highest BCUT2D eigenvalue weighted by atomic mass is 16.3. The van der Waals surface area contributed by atoms with E-state index in [0.717, 1.165) is 37.9 Å². The van der Waals surface area contributed by atoms with Gasteiger partial charge >= 0.3 is 0 Å². The minimum absolute atomic E-state index is 0.326. The second-order valence-corrected chi connectivity index (χ2v) is 3.66. The van der Waals surface area contributed by atoms with Gasteiger partial charge in [0, 0.05) is 18.3 Å². The average molecular weight is 180 g/mol. The topological polar surface area (TPSA) is 38.0 Å². The molecule has 3 heteroatoms. The molecular formula is C10H16N2O. The predicted molar refractivity (Wildman–Crippen MR) is 50.4 cm³/mol. The quantitative estimate of drug-likeness (QED) is 0.751. The number of imidazole rings is 1. The lowest BCUT2D eigenvalue weighted by molar-refractivity contribution is 0.0758. The van der Waals surface area contributed by atoms with Gasteiger partial charge in [-0.15, -0.1) is 0 Å². The van der Waals surface area contributed by atoms with Crippen molar-refractivity contribution < 1.29 is 5.11 Å². The van der Waals surface area contributed by atoms with Crippen LogP contribution in [-0.4, -0.2) is 14.7 Å². The molecule has 0 saturated heterocycles. The second kappa shape index (κ2) is 3.50. The van der Waals surface area contributed by atoms with E-state index in [0.29, 0.717) is 0 Å². The first kappa shape index (κ1) is 8.75. The summed E-state index contributed by atoms with van der Waals surface area (Å²) in [4.78, 5) is 4.34. The lowest BCUT2D eigenvalue weighted by Crippen LogP contribution is -2.19. The largest absolute Gasteiger partial charge is 0.373 e. The fourth-order valence-corrected chi connectivity index (χ4v) is 1.99. The Labute approximate surface area is 78.4 Å². The van der Waals surface area contributed by atoms with Gasteiger partial charge in [0.05, 0.1) is 0 Å². The Balaban J connectivity index is 2.32. The summed E-state index contributed by atoms with van der Waals surface area (Å²) in [6.45, 7) is 2.14. The van der Waals surface area contributed by atoms with E-state index in [1.807, 2.05) is 10.8 Å². The van der Waals surface area contributed by atoms with Crippen molar-refractivity contribution in [2.24, 2.45) is 0 Å². The summed E-state index contributed by atoms with van der Waals surface area (Å²) in [5.41, 5.74) is 1.20. The van der Waals surface area contributed by atoms with Crippen LogP contribution in [0.2, 0.25) is 0 Å². The van der Waals surface area contributed by atoms with Crippen LogP contribution in [0.3, 0.4) is 0 Å². The monoisotopic (exact) mass is 180 g/mol. The van der Waals surface area contributed by atoms with Crippen LogP contribution in [0.1, 0.15) is 43.9 Å². The highest BCUT2D eigenvalue weighted by Crippen LogP contribution is 2.24. The Morgan fingerprint density at radius 2 is 2.54 bits per heavy atom. The Bertz CT molecular complexity index is 293. The Hall–Kier alpha value is -0.830. The standard InChI is InChI=1S/C10H16N2O/c1-2-4-9-11-7-8-5-3-6-10(13)12(8)9/h7,10,13H,2-6H2,1H3. The molecule has 2 rings (SSSR count). The maximum atomic E-state index is 9.78. The van der Waals surface area contributed by atoms with Crippen molar-refractivity contribution in [3.05, 3.63) is 17.7 Å². The maximum absolute atomic E-state index is 9.78. The summed E-state index contributed by atoms with van der Waals surface area (Å²) in [5.74, 6) is 1.05. The van der Waals surface area contributed by atoms with Crippen molar-refractivity contribution >= 4 is 0 Å². The number of aromatic nitrogens is 2. The molecule has 13 heavy (non-hydrogen) atoms. The predicted octanol–water partition coefficient (Wildman–Crippen LogP) is 1.66. The van der Waals surface area contributed by atoms with E-state index in [2.05, 4.69) is 11.9 Å². The molecule has 2 heterocycles. The van der Waals surface area contributed by atoms with Crippen LogP contribution in [0.5, 0.6) is 0 Å². The van der Waals surface area contributed by atoms with Crippen molar-refractivity contribution in [2.75, 3.05) is 0 Å². The molecule has 0 aromatic carbocycles. The minimum Gasteiger partial charge on any atom is -0.373 e. The van der Waals surface area contributed by atoms with Crippen LogP contribution >= 0.6 is 0 Å². The molecule has 0 fully saturated rings. The fourth-order valence-electron chi connectivity index (χ4n) is 1.99. The SMILES string of the molecule is CCCc1ncc2n1C(O)CCC2. The van der Waals surface area contributed by atoms with Crippen LogP contribution in [0.15, 0.2) is 6.20 Å². The molecule has 1 aliphatic heterocycles. The van der Waals surface area contributed by atoms with Gasteiger partial charge in [0.15, 0.2) is 0 Å². The molecule has 0 radical (unpaired) electrons. The van der Waals surface area contributed by atoms with Gasteiger partial charge in [-0.3, -0.25) is 0 Å². The minimum atomic E-state index is -0.326. The van der Waals surface area contributed by atoms with Gasteiger partial charge in [0.25, 0.3) is 0 Å². The molecule has 1 atom stereocenters. The van der Waals surface area contributed by atoms with E-state index in [1.165, 1.54) is 5.69 Å². The summed E-state index contributed by atoms with van der Waals surface area (Å²) in [6, 6.07) is 0. The zero-order chi connectivity index (χ0) is 9.26. The van der Waals surface area contributed by atoms with E-state index in [1.54, 1.807) is 0 Å². The van der Waals surface area contributed by atoms with E-state index in [4.69, 9.17) is 0 Å². The third kappa shape index (κ3) is 1.48. The highest BCUT2D eigenvalue weighted by Gasteiger charge is 2.20. The zero-order valence-electron chi connectivity index (χ0n) is 8.03. The van der Waals surface area contributed by atoms with Gasteiger partial charge in [0.2, 0.25) is 0 Å². The van der Waals surface area contributed by atoms with Gasteiger partial charge in [0.1, 0.15) is 12.1 Å². The number of aliphatic hydroxyl groups excluding tert-OH is 1. The van der Waals surface area contributed by atoms with Crippen molar-refractivity contribution in [3.63, 3.8) is 0 Å².